The number of hydrogen-bond acceptors (Lipinski definition) is 7. The maximum absolute atomic E-state index is 13.5. The number of aromatic nitrogens is 1. The van der Waals surface area contributed by atoms with Crippen molar-refractivity contribution in [1.29, 1.82) is 0 Å². The highest BCUT2D eigenvalue weighted by Crippen LogP contribution is 2.39. The van der Waals surface area contributed by atoms with Gasteiger partial charge in [-0.3, -0.25) is 4.79 Å². The van der Waals surface area contributed by atoms with Crippen LogP contribution in [0.25, 0.3) is 0 Å². The summed E-state index contributed by atoms with van der Waals surface area (Å²) in [6.45, 7) is 9.20. The monoisotopic (exact) mass is 480 g/mol. The Balaban J connectivity index is 1.87. The maximum Gasteiger partial charge on any atom is 0.326 e. The zero-order chi connectivity index (χ0) is 23.7. The normalized spacial score (nSPS) is 19.3. The largest absolute Gasteiger partial charge is 0.619 e. The van der Waals surface area contributed by atoms with Crippen molar-refractivity contribution in [3.63, 3.8) is 0 Å². The first-order chi connectivity index (χ1) is 14.8. The fourth-order valence-corrected chi connectivity index (χ4v) is 6.48. The van der Waals surface area contributed by atoms with E-state index in [2.05, 4.69) is 0 Å². The first-order valence-corrected chi connectivity index (χ1v) is 12.6. The highest BCUT2D eigenvalue weighted by atomic mass is 32.2. The van der Waals surface area contributed by atoms with E-state index in [4.69, 9.17) is 9.47 Å². The third-order valence-electron chi connectivity index (χ3n) is 4.80. The minimum atomic E-state index is -3.96. The molecule has 10 heteroatoms. The molecular formula is C22H28N2O6S2. The molecule has 0 unspecified atom stereocenters. The molecule has 32 heavy (non-hydrogen) atoms. The average molecular weight is 481 g/mol. The Hall–Kier alpha value is -2.30. The second-order valence-corrected chi connectivity index (χ2v) is 12.6. The SMILES string of the molecule is CC(C)(C)OC(=O)[C@@H]1N(S(=O)(=O)c2ccc(Oc3cc[n+]([O-])cc3)cc2)CCSC1(C)C. The van der Waals surface area contributed by atoms with Gasteiger partial charge in [0.2, 0.25) is 10.0 Å². The summed E-state index contributed by atoms with van der Waals surface area (Å²) in [7, 11) is -3.96. The molecule has 1 aromatic heterocycles. The summed E-state index contributed by atoms with van der Waals surface area (Å²) in [6, 6.07) is 8.04. The summed E-state index contributed by atoms with van der Waals surface area (Å²) in [4.78, 5) is 13.1. The van der Waals surface area contributed by atoms with Gasteiger partial charge in [-0.1, -0.05) is 0 Å². The Morgan fingerprint density at radius 3 is 2.25 bits per heavy atom. The molecule has 1 aliphatic rings. The van der Waals surface area contributed by atoms with Crippen LogP contribution in [0.5, 0.6) is 11.5 Å². The van der Waals surface area contributed by atoms with Crippen LogP contribution < -0.4 is 9.47 Å². The summed E-state index contributed by atoms with van der Waals surface area (Å²) < 4.78 is 39.4. The minimum Gasteiger partial charge on any atom is -0.619 e. The number of carbonyl (C=O) groups is 1. The fourth-order valence-electron chi connectivity index (χ4n) is 3.39. The van der Waals surface area contributed by atoms with E-state index >= 15 is 0 Å². The molecule has 1 aromatic carbocycles. The third-order valence-corrected chi connectivity index (χ3v) is 8.03. The maximum atomic E-state index is 13.5. The van der Waals surface area contributed by atoms with Crippen LogP contribution in [0.4, 0.5) is 0 Å². The molecule has 3 rings (SSSR count). The Morgan fingerprint density at radius 2 is 1.69 bits per heavy atom. The molecule has 0 bridgehead atoms. The van der Waals surface area contributed by atoms with Crippen molar-refractivity contribution in [3.8, 4) is 11.5 Å². The average Bonchev–Trinajstić information content (AvgIpc) is 2.68. The van der Waals surface area contributed by atoms with Crippen LogP contribution >= 0.6 is 11.8 Å². The van der Waals surface area contributed by atoms with Crippen molar-refractivity contribution in [2.24, 2.45) is 0 Å². The molecular weight excluding hydrogens is 452 g/mol. The zero-order valence-electron chi connectivity index (χ0n) is 18.8. The number of sulfonamides is 1. The quantitative estimate of drug-likeness (QED) is 0.368. The van der Waals surface area contributed by atoms with Gasteiger partial charge >= 0.3 is 5.97 Å². The molecule has 1 saturated heterocycles. The molecule has 2 heterocycles. The summed E-state index contributed by atoms with van der Waals surface area (Å²) in [5.41, 5.74) is -0.730. The van der Waals surface area contributed by atoms with Crippen molar-refractivity contribution in [1.82, 2.24) is 4.31 Å². The molecule has 0 radical (unpaired) electrons. The van der Waals surface area contributed by atoms with E-state index in [1.54, 1.807) is 32.5 Å². The van der Waals surface area contributed by atoms with Gasteiger partial charge in [-0.2, -0.15) is 20.8 Å². The molecule has 0 N–H and O–H groups in total. The van der Waals surface area contributed by atoms with Crippen LogP contribution in [0.3, 0.4) is 0 Å². The highest BCUT2D eigenvalue weighted by molar-refractivity contribution is 8.00. The summed E-state index contributed by atoms with van der Waals surface area (Å²) >= 11 is 1.55. The van der Waals surface area contributed by atoms with Gasteiger partial charge in [-0.25, -0.2) is 8.42 Å². The number of thioether (sulfide) groups is 1. The highest BCUT2D eigenvalue weighted by Gasteiger charge is 2.49. The summed E-state index contributed by atoms with van der Waals surface area (Å²) in [5.74, 6) is 0.886. The van der Waals surface area contributed by atoms with Crippen LogP contribution in [-0.4, -0.2) is 47.4 Å². The lowest BCUT2D eigenvalue weighted by Gasteiger charge is -2.44. The molecule has 0 spiro atoms. The number of pyridine rings is 1. The van der Waals surface area contributed by atoms with E-state index in [-0.39, 0.29) is 11.4 Å². The molecule has 8 nitrogen and oxygen atoms in total. The standard InChI is InChI=1S/C22H28N2O6S2/c1-21(2,3)30-20(25)19-22(4,5)31-15-14-24(19)32(27,28)18-8-6-16(7-9-18)29-17-10-12-23(26)13-11-17/h6-13,19H,14-15H2,1-5H3/t19-/m0/s1. The lowest BCUT2D eigenvalue weighted by Crippen LogP contribution is -2.59. The van der Waals surface area contributed by atoms with Crippen LogP contribution in [-0.2, 0) is 19.6 Å². The van der Waals surface area contributed by atoms with Gasteiger partial charge in [0.25, 0.3) is 0 Å². The second-order valence-electron chi connectivity index (χ2n) is 8.97. The number of carbonyl (C=O) groups excluding carboxylic acids is 1. The van der Waals surface area contributed by atoms with Crippen molar-refractivity contribution in [3.05, 3.63) is 54.0 Å². The Morgan fingerprint density at radius 1 is 1.12 bits per heavy atom. The van der Waals surface area contributed by atoms with Crippen LogP contribution in [0.2, 0.25) is 0 Å². The number of ether oxygens (including phenoxy) is 2. The Bertz CT molecular complexity index is 1060. The van der Waals surface area contributed by atoms with Gasteiger partial charge in [0.05, 0.1) is 4.90 Å². The van der Waals surface area contributed by atoms with Crippen molar-refractivity contribution in [2.75, 3.05) is 12.3 Å². The number of esters is 1. The third kappa shape index (κ3) is 5.54. The molecule has 1 atom stereocenters. The first kappa shape index (κ1) is 24.3. The van der Waals surface area contributed by atoms with Crippen molar-refractivity contribution < 1.29 is 27.4 Å². The summed E-state index contributed by atoms with van der Waals surface area (Å²) in [6.07, 6.45) is 2.61. The van der Waals surface area contributed by atoms with Crippen LogP contribution in [0, 0.1) is 5.21 Å². The van der Waals surface area contributed by atoms with E-state index in [9.17, 15) is 18.4 Å². The van der Waals surface area contributed by atoms with Gasteiger partial charge in [-0.15, -0.1) is 0 Å². The van der Waals surface area contributed by atoms with Gasteiger partial charge in [0.15, 0.2) is 12.4 Å². The van der Waals surface area contributed by atoms with Gasteiger partial charge in [0, 0.05) is 29.2 Å². The molecule has 0 saturated carbocycles. The molecule has 0 amide bonds. The minimum absolute atomic E-state index is 0.0616. The second kappa shape index (κ2) is 8.92. The Kier molecular flexibility index (Phi) is 6.78. The fraction of sp³-hybridized carbons (Fsp3) is 0.455. The molecule has 174 valence electrons. The number of hydrogen-bond donors (Lipinski definition) is 0. The lowest BCUT2D eigenvalue weighted by molar-refractivity contribution is -0.605. The lowest BCUT2D eigenvalue weighted by atomic mass is 10.0. The van der Waals surface area contributed by atoms with Gasteiger partial charge in [-0.05, 0) is 58.9 Å². The molecule has 1 fully saturated rings. The van der Waals surface area contributed by atoms with E-state index in [1.807, 2.05) is 13.8 Å². The molecule has 1 aliphatic heterocycles. The first-order valence-electron chi connectivity index (χ1n) is 10.1. The van der Waals surface area contributed by atoms with E-state index in [0.29, 0.717) is 22.0 Å². The number of benzene rings is 1. The smallest absolute Gasteiger partial charge is 0.326 e. The Labute approximate surface area is 193 Å². The predicted molar refractivity (Wildman–Crippen MR) is 122 cm³/mol. The van der Waals surface area contributed by atoms with Crippen molar-refractivity contribution in [2.45, 2.75) is 55.9 Å². The number of nitrogens with zero attached hydrogens (tertiary/aromatic N) is 2. The van der Waals surface area contributed by atoms with Gasteiger partial charge in [0.1, 0.15) is 23.1 Å². The molecule has 2 aromatic rings. The molecule has 0 aliphatic carbocycles. The van der Waals surface area contributed by atoms with Gasteiger partial charge < -0.3 is 14.7 Å². The number of rotatable bonds is 5. The summed E-state index contributed by atoms with van der Waals surface area (Å²) in [5, 5.41) is 11.1. The van der Waals surface area contributed by atoms with Crippen molar-refractivity contribution >= 4 is 27.8 Å². The van der Waals surface area contributed by atoms with E-state index in [1.165, 1.54) is 53.1 Å². The van der Waals surface area contributed by atoms with E-state index < -0.39 is 32.4 Å². The van der Waals surface area contributed by atoms with Crippen LogP contribution in [0.1, 0.15) is 34.6 Å². The van der Waals surface area contributed by atoms with Crippen LogP contribution in [0.15, 0.2) is 53.7 Å². The topological polar surface area (TPSA) is 99.8 Å². The predicted octanol–water partition coefficient (Wildman–Crippen LogP) is 3.34. The zero-order valence-corrected chi connectivity index (χ0v) is 20.4. The van der Waals surface area contributed by atoms with E-state index in [0.717, 1.165) is 0 Å².